The highest BCUT2D eigenvalue weighted by Crippen LogP contribution is 2.27. The molecule has 10 nitrogen and oxygen atoms in total. The summed E-state index contributed by atoms with van der Waals surface area (Å²) in [7, 11) is 0. The third kappa shape index (κ3) is 11.4. The first-order chi connectivity index (χ1) is 19.9. The lowest BCUT2D eigenvalue weighted by molar-refractivity contribution is -0.146. The number of Topliss-reactive ketones (excluding diaryl/α,β-unsaturated/α-hetero) is 1. The number of ketones is 1. The Morgan fingerprint density at radius 1 is 0.951 bits per heavy atom. The predicted molar refractivity (Wildman–Crippen MR) is 154 cm³/mol. The molecule has 222 valence electrons. The van der Waals surface area contributed by atoms with Gasteiger partial charge in [-0.25, -0.2) is 0 Å². The van der Waals surface area contributed by atoms with E-state index >= 15 is 0 Å². The Kier molecular flexibility index (Phi) is 13.5. The van der Waals surface area contributed by atoms with Crippen LogP contribution in [0.25, 0.3) is 0 Å². The highest BCUT2D eigenvalue weighted by atomic mass is 32.1. The number of rotatable bonds is 16. The molecule has 3 rings (SSSR count). The molecular formula is C30H39N3O7S. The van der Waals surface area contributed by atoms with Crippen LogP contribution in [0.5, 0.6) is 0 Å². The molecular weight excluding hydrogens is 546 g/mol. The predicted octanol–water partition coefficient (Wildman–Crippen LogP) is 2.70. The van der Waals surface area contributed by atoms with Gasteiger partial charge >= 0.3 is 5.97 Å². The van der Waals surface area contributed by atoms with Crippen molar-refractivity contribution >= 4 is 40.8 Å². The number of thiophene rings is 1. The smallest absolute Gasteiger partial charge is 0.325 e. The van der Waals surface area contributed by atoms with E-state index in [-0.39, 0.29) is 38.1 Å². The molecule has 0 unspecified atom stereocenters. The first kappa shape index (κ1) is 32.0. The SMILES string of the molecule is CCOC(=O)CNC(=O)C(=O)[C@H](COCc1ccccc1)NC(=O)[C@H](CC1CCCCC1)NC(=O)Cc1cccs1. The van der Waals surface area contributed by atoms with Gasteiger partial charge in [-0.3, -0.25) is 24.0 Å². The van der Waals surface area contributed by atoms with Crippen molar-refractivity contribution in [1.29, 1.82) is 0 Å². The minimum Gasteiger partial charge on any atom is -0.465 e. The molecule has 1 heterocycles. The van der Waals surface area contributed by atoms with Crippen LogP contribution >= 0.6 is 11.3 Å². The van der Waals surface area contributed by atoms with Crippen LogP contribution in [-0.2, 0) is 46.5 Å². The van der Waals surface area contributed by atoms with E-state index in [4.69, 9.17) is 9.47 Å². The van der Waals surface area contributed by atoms with Crippen LogP contribution in [0, 0.1) is 5.92 Å². The first-order valence-corrected chi connectivity index (χ1v) is 14.9. The monoisotopic (exact) mass is 585 g/mol. The molecule has 0 bridgehead atoms. The molecule has 1 aliphatic carbocycles. The fraction of sp³-hybridized carbons (Fsp3) is 0.500. The Morgan fingerprint density at radius 2 is 1.71 bits per heavy atom. The van der Waals surface area contributed by atoms with Crippen LogP contribution in [0.2, 0.25) is 0 Å². The Hall–Kier alpha value is -3.57. The number of esters is 1. The summed E-state index contributed by atoms with van der Waals surface area (Å²) < 4.78 is 10.5. The minimum absolute atomic E-state index is 0.134. The summed E-state index contributed by atoms with van der Waals surface area (Å²) in [4.78, 5) is 64.6. The lowest BCUT2D eigenvalue weighted by atomic mass is 9.84. The van der Waals surface area contributed by atoms with Crippen LogP contribution in [0.1, 0.15) is 55.9 Å². The second-order valence-corrected chi connectivity index (χ2v) is 11.1. The van der Waals surface area contributed by atoms with Gasteiger partial charge in [0.1, 0.15) is 18.6 Å². The van der Waals surface area contributed by atoms with Crippen molar-refractivity contribution in [2.75, 3.05) is 19.8 Å². The second-order valence-electron chi connectivity index (χ2n) is 10.0. The molecule has 0 aliphatic heterocycles. The number of nitrogens with one attached hydrogen (secondary N) is 3. The van der Waals surface area contributed by atoms with Crippen molar-refractivity contribution in [1.82, 2.24) is 16.0 Å². The summed E-state index contributed by atoms with van der Waals surface area (Å²) in [5.74, 6) is -3.28. The van der Waals surface area contributed by atoms with Gasteiger partial charge in [0.05, 0.1) is 26.2 Å². The van der Waals surface area contributed by atoms with E-state index in [2.05, 4.69) is 16.0 Å². The molecule has 3 N–H and O–H groups in total. The van der Waals surface area contributed by atoms with E-state index in [1.54, 1.807) is 6.92 Å². The number of benzene rings is 1. The number of carbonyl (C=O) groups is 5. The van der Waals surface area contributed by atoms with Crippen molar-refractivity contribution in [3.63, 3.8) is 0 Å². The molecule has 2 aromatic rings. The third-order valence-electron chi connectivity index (χ3n) is 6.81. The molecule has 41 heavy (non-hydrogen) atoms. The molecule has 2 atom stereocenters. The van der Waals surface area contributed by atoms with Gasteiger partial charge in [-0.15, -0.1) is 11.3 Å². The van der Waals surface area contributed by atoms with Gasteiger partial charge in [-0.1, -0.05) is 68.5 Å². The van der Waals surface area contributed by atoms with E-state index in [1.807, 2.05) is 47.8 Å². The normalized spacial score (nSPS) is 14.9. The lowest BCUT2D eigenvalue weighted by Crippen LogP contribution is -2.56. The van der Waals surface area contributed by atoms with Crippen LogP contribution in [0.4, 0.5) is 0 Å². The fourth-order valence-electron chi connectivity index (χ4n) is 4.74. The lowest BCUT2D eigenvalue weighted by Gasteiger charge is -2.28. The quantitative estimate of drug-likeness (QED) is 0.203. The summed E-state index contributed by atoms with van der Waals surface area (Å²) in [6.07, 6.45) is 5.78. The van der Waals surface area contributed by atoms with Gasteiger partial charge < -0.3 is 25.4 Å². The molecule has 11 heteroatoms. The Morgan fingerprint density at radius 3 is 2.39 bits per heavy atom. The van der Waals surface area contributed by atoms with E-state index in [0.29, 0.717) is 6.42 Å². The van der Waals surface area contributed by atoms with Crippen molar-refractivity contribution in [3.05, 3.63) is 58.3 Å². The van der Waals surface area contributed by atoms with Crippen molar-refractivity contribution < 1.29 is 33.4 Å². The minimum atomic E-state index is -1.32. The number of amides is 3. The maximum Gasteiger partial charge on any atom is 0.325 e. The topological polar surface area (TPSA) is 140 Å². The zero-order valence-electron chi connectivity index (χ0n) is 23.4. The second kappa shape index (κ2) is 17.3. The van der Waals surface area contributed by atoms with Gasteiger partial charge in [0.2, 0.25) is 17.6 Å². The van der Waals surface area contributed by atoms with Crippen molar-refractivity contribution in [2.24, 2.45) is 5.92 Å². The zero-order valence-corrected chi connectivity index (χ0v) is 24.2. The molecule has 1 aromatic heterocycles. The molecule has 1 aliphatic rings. The summed E-state index contributed by atoms with van der Waals surface area (Å²) in [5.41, 5.74) is 0.854. The average Bonchev–Trinajstić information content (AvgIpc) is 3.48. The standard InChI is InChI=1S/C30H39N3O7S/c1-2-40-27(35)18-31-30(38)28(36)25(20-39-19-22-12-7-4-8-13-22)33-29(37)24(16-21-10-5-3-6-11-21)32-26(34)17-23-14-9-15-41-23/h4,7-9,12-15,21,24-25H,2-3,5-6,10-11,16-20H2,1H3,(H,31,38)(H,32,34)(H,33,37)/t24-,25-/m0/s1. The van der Waals surface area contributed by atoms with E-state index < -0.39 is 42.2 Å². The summed E-state index contributed by atoms with van der Waals surface area (Å²) in [6, 6.07) is 10.8. The third-order valence-corrected chi connectivity index (χ3v) is 7.69. The van der Waals surface area contributed by atoms with Crippen LogP contribution in [-0.4, -0.2) is 61.3 Å². The fourth-order valence-corrected chi connectivity index (χ4v) is 5.44. The zero-order chi connectivity index (χ0) is 29.5. The summed E-state index contributed by atoms with van der Waals surface area (Å²) in [5, 5.41) is 9.63. The number of hydrogen-bond acceptors (Lipinski definition) is 8. The molecule has 0 saturated heterocycles. The summed E-state index contributed by atoms with van der Waals surface area (Å²) >= 11 is 1.46. The van der Waals surface area contributed by atoms with Crippen LogP contribution in [0.15, 0.2) is 47.8 Å². The highest BCUT2D eigenvalue weighted by Gasteiger charge is 2.32. The maximum atomic E-state index is 13.5. The van der Waals surface area contributed by atoms with Gasteiger partial charge in [-0.2, -0.15) is 0 Å². The number of carbonyl (C=O) groups excluding carboxylic acids is 5. The van der Waals surface area contributed by atoms with Crippen molar-refractivity contribution in [3.8, 4) is 0 Å². The van der Waals surface area contributed by atoms with Crippen LogP contribution < -0.4 is 16.0 Å². The van der Waals surface area contributed by atoms with Crippen LogP contribution in [0.3, 0.4) is 0 Å². The largest absolute Gasteiger partial charge is 0.465 e. The summed E-state index contributed by atoms with van der Waals surface area (Å²) in [6.45, 7) is 1.17. The van der Waals surface area contributed by atoms with E-state index in [0.717, 1.165) is 42.5 Å². The Labute approximate surface area is 244 Å². The Balaban J connectivity index is 1.70. The number of ether oxygens (including phenoxy) is 2. The average molecular weight is 586 g/mol. The molecule has 3 amide bonds. The van der Waals surface area contributed by atoms with Gasteiger partial charge in [0.25, 0.3) is 5.91 Å². The van der Waals surface area contributed by atoms with E-state index in [9.17, 15) is 24.0 Å². The number of hydrogen-bond donors (Lipinski definition) is 3. The van der Waals surface area contributed by atoms with Gasteiger partial charge in [0, 0.05) is 4.88 Å². The molecule has 0 radical (unpaired) electrons. The first-order valence-electron chi connectivity index (χ1n) is 14.1. The molecule has 0 spiro atoms. The molecule has 1 fully saturated rings. The van der Waals surface area contributed by atoms with Gasteiger partial charge in [-0.05, 0) is 36.3 Å². The van der Waals surface area contributed by atoms with Gasteiger partial charge in [0.15, 0.2) is 0 Å². The highest BCUT2D eigenvalue weighted by molar-refractivity contribution is 7.10. The van der Waals surface area contributed by atoms with Crippen molar-refractivity contribution in [2.45, 2.75) is 70.6 Å². The Bertz CT molecular complexity index is 1130. The molecule has 1 aromatic carbocycles. The maximum absolute atomic E-state index is 13.5. The molecule has 1 saturated carbocycles. The van der Waals surface area contributed by atoms with E-state index in [1.165, 1.54) is 11.3 Å².